The highest BCUT2D eigenvalue weighted by molar-refractivity contribution is 7.98. The lowest BCUT2D eigenvalue weighted by Gasteiger charge is -2.28. The van der Waals surface area contributed by atoms with Crippen LogP contribution < -0.4 is 10.3 Å². The normalized spacial score (nSPS) is 25.1. The highest BCUT2D eigenvalue weighted by Gasteiger charge is 2.51. The number of aromatic nitrogens is 3. The number of aliphatic hydroxyl groups excluding tert-OH is 2. The number of hydrazone groups is 1. The third kappa shape index (κ3) is 6.60. The molecule has 0 spiro atoms. The molecule has 0 radical (unpaired) electrons. The van der Waals surface area contributed by atoms with Crippen LogP contribution in [0.1, 0.15) is 37.1 Å². The molecule has 15 nitrogen and oxygen atoms in total. The molecular weight excluding hydrogens is 579 g/mol. The molecule has 0 bridgehead atoms. The van der Waals surface area contributed by atoms with Crippen LogP contribution >= 0.6 is 19.2 Å². The largest absolute Gasteiger partial charge is 0.449 e. The van der Waals surface area contributed by atoms with E-state index in [2.05, 4.69) is 32.1 Å². The van der Waals surface area contributed by atoms with E-state index in [1.165, 1.54) is 6.20 Å². The monoisotopic (exact) mass is 608 g/mol. The van der Waals surface area contributed by atoms with Crippen LogP contribution in [0, 0.1) is 6.92 Å². The molecule has 39 heavy (non-hydrogen) atoms. The molecule has 1 saturated carbocycles. The van der Waals surface area contributed by atoms with Crippen LogP contribution in [-0.2, 0) is 25.6 Å². The van der Waals surface area contributed by atoms with Crippen molar-refractivity contribution in [3.05, 3.63) is 29.2 Å². The van der Waals surface area contributed by atoms with E-state index in [-0.39, 0.29) is 23.0 Å². The molecule has 216 valence electrons. The van der Waals surface area contributed by atoms with E-state index in [9.17, 15) is 33.0 Å². The summed E-state index contributed by atoms with van der Waals surface area (Å²) in [5.74, 6) is -0.685. The van der Waals surface area contributed by atoms with E-state index in [0.29, 0.717) is 11.4 Å². The molecule has 1 saturated heterocycles. The van der Waals surface area contributed by atoms with Gasteiger partial charge in [0.2, 0.25) is 5.28 Å². The second kappa shape index (κ2) is 11.7. The second-order valence-corrected chi connectivity index (χ2v) is 14.2. The number of oxazole rings is 1. The van der Waals surface area contributed by atoms with Crippen molar-refractivity contribution >= 4 is 47.4 Å². The third-order valence-electron chi connectivity index (χ3n) is 6.76. The number of halogens is 1. The standard InChI is InChI=1S/C21H30ClN6O9PS/c1-11-18(25-12-5-3-4-6-12)26-21(22)27-19(11)28(23-2)20-17(30)16(29)13(37-20)10-39(34,35)15(38(31,32)33)9-14-24-7-8-36-14/h7-8,12-13,15-17,20,29-30H,2-6,9-10H2,1H3,(H,25,26,27)(H2,31,32,33)/t13-,15?,16-,17-,20-/m1/s1. The highest BCUT2D eigenvalue weighted by Crippen LogP contribution is 2.46. The lowest BCUT2D eigenvalue weighted by molar-refractivity contribution is 0.0153. The van der Waals surface area contributed by atoms with Gasteiger partial charge in [0, 0.05) is 18.3 Å². The number of ether oxygens (including phenoxy) is 1. The number of anilines is 2. The maximum Gasteiger partial charge on any atom is 0.344 e. The average molecular weight is 609 g/mol. The van der Waals surface area contributed by atoms with Crippen molar-refractivity contribution in [2.75, 3.05) is 16.1 Å². The molecule has 5 atom stereocenters. The van der Waals surface area contributed by atoms with Gasteiger partial charge in [0.15, 0.2) is 32.8 Å². The van der Waals surface area contributed by atoms with Gasteiger partial charge in [0.1, 0.15) is 30.4 Å². The van der Waals surface area contributed by atoms with Gasteiger partial charge in [-0.05, 0) is 31.4 Å². The summed E-state index contributed by atoms with van der Waals surface area (Å²) in [4.78, 5) is 29.5. The number of hydrogen-bond donors (Lipinski definition) is 5. The van der Waals surface area contributed by atoms with Gasteiger partial charge < -0.3 is 34.5 Å². The van der Waals surface area contributed by atoms with Crippen molar-refractivity contribution in [2.45, 2.75) is 74.6 Å². The number of hydrogen-bond acceptors (Lipinski definition) is 13. The van der Waals surface area contributed by atoms with Crippen LogP contribution in [0.5, 0.6) is 0 Å². The van der Waals surface area contributed by atoms with Gasteiger partial charge in [-0.1, -0.05) is 12.8 Å². The predicted molar refractivity (Wildman–Crippen MR) is 140 cm³/mol. The fourth-order valence-corrected chi connectivity index (χ4v) is 8.58. The maximum absolute atomic E-state index is 13.1. The fraction of sp³-hybridized carbons (Fsp3) is 0.619. The van der Waals surface area contributed by atoms with E-state index >= 15 is 0 Å². The molecule has 4 rings (SSSR count). The minimum atomic E-state index is -5.21. The zero-order valence-electron chi connectivity index (χ0n) is 20.9. The molecule has 2 aliphatic rings. The Morgan fingerprint density at radius 3 is 2.56 bits per heavy atom. The van der Waals surface area contributed by atoms with Crippen molar-refractivity contribution < 1.29 is 42.1 Å². The number of nitrogens with one attached hydrogen (secondary N) is 1. The first-order chi connectivity index (χ1) is 18.3. The Balaban J connectivity index is 1.57. The molecule has 0 aromatic carbocycles. The molecule has 1 unspecified atom stereocenters. The van der Waals surface area contributed by atoms with Crippen molar-refractivity contribution in [1.82, 2.24) is 15.0 Å². The molecule has 2 aromatic rings. The second-order valence-electron chi connectivity index (χ2n) is 9.45. The summed E-state index contributed by atoms with van der Waals surface area (Å²) in [6, 6.07) is 0.190. The molecule has 5 N–H and O–H groups in total. The first kappa shape index (κ1) is 29.8. The van der Waals surface area contributed by atoms with Crippen LogP contribution in [0.25, 0.3) is 0 Å². The number of aliphatic hydroxyl groups is 2. The molecule has 2 fully saturated rings. The summed E-state index contributed by atoms with van der Waals surface area (Å²) >= 11 is 6.16. The maximum atomic E-state index is 13.1. The summed E-state index contributed by atoms with van der Waals surface area (Å²) in [7, 11) is -9.85. The molecule has 1 aliphatic carbocycles. The SMILES string of the molecule is C=NN(c1nc(Cl)nc(NC2CCCC2)c1C)[C@@H]1O[C@H](CS(=O)(=O)C(Cc2ncco2)P(=O)(O)O)[C@@H](O)[C@H]1O. The lowest BCUT2D eigenvalue weighted by atomic mass is 10.1. The number of rotatable bonds is 11. The van der Waals surface area contributed by atoms with Crippen molar-refractivity contribution in [2.24, 2.45) is 5.10 Å². The van der Waals surface area contributed by atoms with E-state index < -0.39 is 59.1 Å². The Morgan fingerprint density at radius 1 is 1.28 bits per heavy atom. The highest BCUT2D eigenvalue weighted by atomic mass is 35.5. The van der Waals surface area contributed by atoms with Gasteiger partial charge in [-0.2, -0.15) is 10.1 Å². The fourth-order valence-electron chi connectivity index (χ4n) is 4.74. The molecular formula is C21H30ClN6O9PS. The molecule has 18 heteroatoms. The van der Waals surface area contributed by atoms with Gasteiger partial charge in [0.05, 0.1) is 18.4 Å². The van der Waals surface area contributed by atoms with Crippen molar-refractivity contribution in [3.8, 4) is 0 Å². The lowest BCUT2D eigenvalue weighted by Crippen LogP contribution is -2.42. The summed E-state index contributed by atoms with van der Waals surface area (Å²) in [5, 5.41) is 29.6. The summed E-state index contributed by atoms with van der Waals surface area (Å²) < 4.78 is 48.9. The summed E-state index contributed by atoms with van der Waals surface area (Å²) in [6.07, 6.45) is -0.791. The quantitative estimate of drug-likeness (QED) is 0.103. The zero-order chi connectivity index (χ0) is 28.5. The summed E-state index contributed by atoms with van der Waals surface area (Å²) in [5.41, 5.74) is 0.493. The molecule has 1 aliphatic heterocycles. The van der Waals surface area contributed by atoms with E-state index in [0.717, 1.165) is 37.0 Å². The Kier molecular flexibility index (Phi) is 8.98. The van der Waals surface area contributed by atoms with Gasteiger partial charge in [-0.15, -0.1) is 0 Å². The minimum Gasteiger partial charge on any atom is -0.449 e. The predicted octanol–water partition coefficient (Wildman–Crippen LogP) is 0.811. The molecule has 0 amide bonds. The first-order valence-electron chi connectivity index (χ1n) is 12.0. The van der Waals surface area contributed by atoms with Crippen molar-refractivity contribution in [3.63, 3.8) is 0 Å². The minimum absolute atomic E-state index is 0.0993. The first-order valence-corrected chi connectivity index (χ1v) is 15.8. The van der Waals surface area contributed by atoms with E-state index in [1.807, 2.05) is 0 Å². The smallest absolute Gasteiger partial charge is 0.344 e. The Morgan fingerprint density at radius 2 is 1.97 bits per heavy atom. The summed E-state index contributed by atoms with van der Waals surface area (Å²) in [6.45, 7) is 5.18. The topological polar surface area (TPSA) is 221 Å². The van der Waals surface area contributed by atoms with Crippen LogP contribution in [0.2, 0.25) is 5.28 Å². The van der Waals surface area contributed by atoms with E-state index in [4.69, 9.17) is 20.8 Å². The van der Waals surface area contributed by atoms with Crippen LogP contribution in [0.15, 0.2) is 22.0 Å². The third-order valence-corrected chi connectivity index (χ3v) is 11.4. The Hall–Kier alpha value is -2.17. The molecule has 2 aromatic heterocycles. The molecule has 3 heterocycles. The number of sulfone groups is 1. The van der Waals surface area contributed by atoms with E-state index in [1.54, 1.807) is 6.92 Å². The van der Waals surface area contributed by atoms with Gasteiger partial charge in [-0.3, -0.25) is 4.57 Å². The van der Waals surface area contributed by atoms with Gasteiger partial charge in [0.25, 0.3) is 0 Å². The van der Waals surface area contributed by atoms with Gasteiger partial charge in [-0.25, -0.2) is 23.4 Å². The number of nitrogens with zero attached hydrogens (tertiary/aromatic N) is 5. The van der Waals surface area contributed by atoms with Crippen LogP contribution in [0.3, 0.4) is 0 Å². The van der Waals surface area contributed by atoms with Crippen LogP contribution in [-0.4, -0.2) is 91.4 Å². The van der Waals surface area contributed by atoms with Crippen LogP contribution in [0.4, 0.5) is 11.6 Å². The van der Waals surface area contributed by atoms with Crippen molar-refractivity contribution in [1.29, 1.82) is 0 Å². The average Bonchev–Trinajstić information content (AvgIpc) is 3.61. The Bertz CT molecular complexity index is 1320. The zero-order valence-corrected chi connectivity index (χ0v) is 23.3. The van der Waals surface area contributed by atoms with Gasteiger partial charge >= 0.3 is 7.60 Å². The Labute approximate surface area is 229 Å².